The van der Waals surface area contributed by atoms with Crippen molar-refractivity contribution in [3.05, 3.63) is 66.2 Å². The minimum Gasteiger partial charge on any atom is -0.303 e. The van der Waals surface area contributed by atoms with E-state index in [2.05, 4.69) is 23.1 Å². The number of nitrogens with one attached hydrogen (secondary N) is 1. The molecule has 1 saturated heterocycles. The van der Waals surface area contributed by atoms with Crippen LogP contribution in [0.5, 0.6) is 0 Å². The van der Waals surface area contributed by atoms with Gasteiger partial charge in [0.05, 0.1) is 10.6 Å². The molecule has 1 heterocycles. The highest BCUT2D eigenvalue weighted by molar-refractivity contribution is 7.92. The van der Waals surface area contributed by atoms with Crippen LogP contribution in [-0.4, -0.2) is 33.0 Å². The normalized spacial score (nSPS) is 18.0. The van der Waals surface area contributed by atoms with Crippen molar-refractivity contribution in [2.24, 2.45) is 0 Å². The van der Waals surface area contributed by atoms with Crippen LogP contribution in [0.25, 0.3) is 6.08 Å². The molecule has 2 aromatic carbocycles. The van der Waals surface area contributed by atoms with Crippen molar-refractivity contribution in [2.45, 2.75) is 30.6 Å². The first-order valence-electron chi connectivity index (χ1n) is 9.10. The summed E-state index contributed by atoms with van der Waals surface area (Å²) in [5.41, 5.74) is 2.66. The van der Waals surface area contributed by atoms with Crippen molar-refractivity contribution in [3.8, 4) is 0 Å². The number of rotatable bonds is 7. The Bertz CT molecular complexity index is 860. The number of hydrogen-bond acceptors (Lipinski definition) is 3. The fourth-order valence-electron chi connectivity index (χ4n) is 3.54. The van der Waals surface area contributed by atoms with Gasteiger partial charge < -0.3 is 4.90 Å². The molecule has 0 aromatic heterocycles. The quantitative estimate of drug-likeness (QED) is 0.789. The Morgan fingerprint density at radius 3 is 2.62 bits per heavy atom. The van der Waals surface area contributed by atoms with Gasteiger partial charge in [-0.1, -0.05) is 49.9 Å². The molecular formula is C21H26N2O2S. The number of benzene rings is 2. The number of likely N-dealkylation sites (tertiary alicyclic amines) is 1. The molecule has 1 aliphatic rings. The zero-order valence-corrected chi connectivity index (χ0v) is 16.0. The molecule has 3 rings (SSSR count). The summed E-state index contributed by atoms with van der Waals surface area (Å²) in [5.74, 6) is 0.364. The number of anilines is 1. The minimum absolute atomic E-state index is 0.261. The second-order valence-electron chi connectivity index (χ2n) is 6.75. The van der Waals surface area contributed by atoms with Crippen LogP contribution < -0.4 is 4.72 Å². The van der Waals surface area contributed by atoms with Crippen LogP contribution in [-0.2, 0) is 10.0 Å². The zero-order chi connectivity index (χ0) is 18.6. The summed E-state index contributed by atoms with van der Waals surface area (Å²) in [6, 6.07) is 14.5. The van der Waals surface area contributed by atoms with Crippen molar-refractivity contribution in [2.75, 3.05) is 24.4 Å². The molecule has 1 N–H and O–H groups in total. The summed E-state index contributed by atoms with van der Waals surface area (Å²) in [7, 11) is -3.61. The van der Waals surface area contributed by atoms with Crippen molar-refractivity contribution in [1.82, 2.24) is 4.90 Å². The maximum Gasteiger partial charge on any atom is 0.261 e. The second kappa shape index (κ2) is 8.06. The van der Waals surface area contributed by atoms with E-state index in [1.54, 1.807) is 30.3 Å². The number of para-hydroxylation sites is 1. The lowest BCUT2D eigenvalue weighted by atomic mass is 9.97. The third-order valence-corrected chi connectivity index (χ3v) is 6.26. The van der Waals surface area contributed by atoms with Gasteiger partial charge in [0.1, 0.15) is 0 Å². The van der Waals surface area contributed by atoms with Gasteiger partial charge in [-0.3, -0.25) is 4.72 Å². The van der Waals surface area contributed by atoms with E-state index in [4.69, 9.17) is 0 Å². The summed E-state index contributed by atoms with van der Waals surface area (Å²) in [4.78, 5) is 2.71. The van der Waals surface area contributed by atoms with Crippen LogP contribution in [0.4, 0.5) is 5.69 Å². The van der Waals surface area contributed by atoms with E-state index in [-0.39, 0.29) is 4.90 Å². The predicted molar refractivity (Wildman–Crippen MR) is 108 cm³/mol. The van der Waals surface area contributed by atoms with Gasteiger partial charge in [-0.05, 0) is 61.2 Å². The Kier molecular flexibility index (Phi) is 5.79. The molecule has 0 bridgehead atoms. The van der Waals surface area contributed by atoms with Gasteiger partial charge in [0, 0.05) is 6.54 Å². The molecule has 0 radical (unpaired) electrons. The minimum atomic E-state index is -3.61. The van der Waals surface area contributed by atoms with Crippen LogP contribution in [0.2, 0.25) is 0 Å². The fourth-order valence-corrected chi connectivity index (χ4v) is 4.63. The van der Waals surface area contributed by atoms with E-state index in [0.717, 1.165) is 43.6 Å². The van der Waals surface area contributed by atoms with E-state index >= 15 is 0 Å². The number of sulfonamides is 1. The molecular weight excluding hydrogens is 344 g/mol. The lowest BCUT2D eigenvalue weighted by Gasteiger charge is -2.18. The average molecular weight is 371 g/mol. The van der Waals surface area contributed by atoms with Gasteiger partial charge in [-0.2, -0.15) is 0 Å². The van der Waals surface area contributed by atoms with Crippen LogP contribution in [0.15, 0.2) is 60.0 Å². The topological polar surface area (TPSA) is 49.4 Å². The molecule has 0 aliphatic carbocycles. The summed E-state index contributed by atoms with van der Waals surface area (Å²) in [5, 5.41) is 0. The van der Waals surface area contributed by atoms with Crippen LogP contribution in [0.1, 0.15) is 36.8 Å². The zero-order valence-electron chi connectivity index (χ0n) is 15.2. The molecule has 138 valence electrons. The fraction of sp³-hybridized carbons (Fsp3) is 0.333. The highest BCUT2D eigenvalue weighted by Crippen LogP contribution is 2.33. The first-order valence-corrected chi connectivity index (χ1v) is 10.6. The molecule has 1 aliphatic heterocycles. The average Bonchev–Trinajstić information content (AvgIpc) is 3.11. The second-order valence-corrected chi connectivity index (χ2v) is 8.43. The van der Waals surface area contributed by atoms with Crippen molar-refractivity contribution < 1.29 is 8.42 Å². The van der Waals surface area contributed by atoms with Crippen LogP contribution >= 0.6 is 0 Å². The third-order valence-electron chi connectivity index (χ3n) is 4.88. The first-order chi connectivity index (χ1) is 12.5. The van der Waals surface area contributed by atoms with E-state index in [1.807, 2.05) is 24.3 Å². The van der Waals surface area contributed by atoms with Crippen LogP contribution in [0, 0.1) is 0 Å². The van der Waals surface area contributed by atoms with Gasteiger partial charge in [-0.15, -0.1) is 0 Å². The largest absolute Gasteiger partial charge is 0.303 e. The van der Waals surface area contributed by atoms with E-state index in [0.29, 0.717) is 11.6 Å². The first kappa shape index (κ1) is 18.7. The highest BCUT2D eigenvalue weighted by atomic mass is 32.2. The van der Waals surface area contributed by atoms with Gasteiger partial charge >= 0.3 is 0 Å². The molecule has 0 saturated carbocycles. The maximum absolute atomic E-state index is 12.8. The summed E-state index contributed by atoms with van der Waals surface area (Å²) in [6.07, 6.45) is 3.90. The molecule has 1 fully saturated rings. The van der Waals surface area contributed by atoms with Gasteiger partial charge in [0.15, 0.2) is 0 Å². The van der Waals surface area contributed by atoms with E-state index in [1.165, 1.54) is 0 Å². The molecule has 2 aromatic rings. The smallest absolute Gasteiger partial charge is 0.261 e. The SMILES string of the molecule is C=Cc1ccc(S(=O)(=O)Nc2ccccc2[C@@H]2CCN(CCC)C2)cc1. The maximum atomic E-state index is 12.8. The van der Waals surface area contributed by atoms with E-state index in [9.17, 15) is 8.42 Å². The molecule has 1 atom stereocenters. The highest BCUT2D eigenvalue weighted by Gasteiger charge is 2.26. The molecule has 4 nitrogen and oxygen atoms in total. The standard InChI is InChI=1S/C21H26N2O2S/c1-3-14-23-15-13-18(16-23)20-7-5-6-8-21(20)22-26(24,25)19-11-9-17(4-2)10-12-19/h4-12,18,22H,2-3,13-16H2,1H3/t18-/m1/s1. The van der Waals surface area contributed by atoms with Crippen molar-refractivity contribution in [3.63, 3.8) is 0 Å². The third kappa shape index (κ3) is 4.17. The molecule has 0 amide bonds. The number of nitrogens with zero attached hydrogens (tertiary/aromatic N) is 1. The Balaban J connectivity index is 1.82. The van der Waals surface area contributed by atoms with Crippen molar-refractivity contribution in [1.29, 1.82) is 0 Å². The monoisotopic (exact) mass is 370 g/mol. The van der Waals surface area contributed by atoms with Gasteiger partial charge in [0.25, 0.3) is 10.0 Å². The van der Waals surface area contributed by atoms with Crippen LogP contribution in [0.3, 0.4) is 0 Å². The molecule has 0 unspecified atom stereocenters. The molecule has 5 heteroatoms. The van der Waals surface area contributed by atoms with E-state index < -0.39 is 10.0 Å². The predicted octanol–water partition coefficient (Wildman–Crippen LogP) is 4.33. The summed E-state index contributed by atoms with van der Waals surface area (Å²) in [6.45, 7) is 9.04. The molecule has 0 spiro atoms. The lowest BCUT2D eigenvalue weighted by Crippen LogP contribution is -2.21. The Morgan fingerprint density at radius 1 is 1.19 bits per heavy atom. The van der Waals surface area contributed by atoms with Crippen molar-refractivity contribution >= 4 is 21.8 Å². The van der Waals surface area contributed by atoms with Gasteiger partial charge in [0.2, 0.25) is 0 Å². The lowest BCUT2D eigenvalue weighted by molar-refractivity contribution is 0.335. The summed E-state index contributed by atoms with van der Waals surface area (Å²) < 4.78 is 28.4. The number of hydrogen-bond donors (Lipinski definition) is 1. The Labute approximate surface area is 156 Å². The molecule has 26 heavy (non-hydrogen) atoms. The Hall–Kier alpha value is -2.11. The Morgan fingerprint density at radius 2 is 1.92 bits per heavy atom. The summed E-state index contributed by atoms with van der Waals surface area (Å²) >= 11 is 0. The van der Waals surface area contributed by atoms with Gasteiger partial charge in [-0.25, -0.2) is 8.42 Å².